The third-order valence-corrected chi connectivity index (χ3v) is 1.70. The van der Waals surface area contributed by atoms with E-state index in [0.29, 0.717) is 11.4 Å². The van der Waals surface area contributed by atoms with Crippen LogP contribution in [0.1, 0.15) is 12.5 Å². The maximum Gasteiger partial charge on any atom is 0.316 e. The standard InChI is InChI=1S/C9H11N3O2/c1-6(12-14)7-3-2-4-8(5-7)11-9(10)13/h2-5,14H,1H3,(H3,10,11,13). The number of nitrogens with zero attached hydrogens (tertiary/aromatic N) is 1. The largest absolute Gasteiger partial charge is 0.411 e. The molecule has 1 rings (SSSR count). The molecule has 0 saturated heterocycles. The van der Waals surface area contributed by atoms with Crippen LogP contribution in [0.15, 0.2) is 29.4 Å². The Morgan fingerprint density at radius 3 is 2.86 bits per heavy atom. The number of primary amides is 1. The van der Waals surface area contributed by atoms with Crippen molar-refractivity contribution in [3.63, 3.8) is 0 Å². The summed E-state index contributed by atoms with van der Waals surface area (Å²) in [6.45, 7) is 1.66. The molecule has 0 heterocycles. The zero-order chi connectivity index (χ0) is 10.6. The first-order valence-electron chi connectivity index (χ1n) is 3.99. The lowest BCUT2D eigenvalue weighted by Crippen LogP contribution is -2.19. The van der Waals surface area contributed by atoms with E-state index in [1.165, 1.54) is 0 Å². The van der Waals surface area contributed by atoms with Crippen LogP contribution in [-0.4, -0.2) is 17.0 Å². The number of anilines is 1. The van der Waals surface area contributed by atoms with Gasteiger partial charge in [-0.25, -0.2) is 4.79 Å². The lowest BCUT2D eigenvalue weighted by atomic mass is 10.1. The van der Waals surface area contributed by atoms with Gasteiger partial charge in [0.2, 0.25) is 0 Å². The van der Waals surface area contributed by atoms with Gasteiger partial charge in [0.15, 0.2) is 0 Å². The molecule has 0 fully saturated rings. The minimum Gasteiger partial charge on any atom is -0.411 e. The van der Waals surface area contributed by atoms with Crippen molar-refractivity contribution < 1.29 is 10.0 Å². The van der Waals surface area contributed by atoms with Crippen molar-refractivity contribution in [2.45, 2.75) is 6.92 Å². The molecule has 2 amide bonds. The van der Waals surface area contributed by atoms with E-state index in [-0.39, 0.29) is 0 Å². The predicted octanol–water partition coefficient (Wildman–Crippen LogP) is 1.38. The summed E-state index contributed by atoms with van der Waals surface area (Å²) in [4.78, 5) is 10.6. The van der Waals surface area contributed by atoms with Gasteiger partial charge in [0, 0.05) is 11.3 Å². The van der Waals surface area contributed by atoms with Crippen LogP contribution >= 0.6 is 0 Å². The summed E-state index contributed by atoms with van der Waals surface area (Å²) in [6.07, 6.45) is 0. The highest BCUT2D eigenvalue weighted by atomic mass is 16.4. The molecule has 4 N–H and O–H groups in total. The van der Waals surface area contributed by atoms with Crippen LogP contribution in [-0.2, 0) is 0 Å². The van der Waals surface area contributed by atoms with Gasteiger partial charge in [-0.05, 0) is 19.1 Å². The summed E-state index contributed by atoms with van der Waals surface area (Å²) >= 11 is 0. The average molecular weight is 193 g/mol. The number of carbonyl (C=O) groups excluding carboxylic acids is 1. The first-order valence-corrected chi connectivity index (χ1v) is 3.99. The Kier molecular flexibility index (Phi) is 3.06. The Morgan fingerprint density at radius 1 is 1.57 bits per heavy atom. The molecule has 0 aliphatic heterocycles. The highest BCUT2D eigenvalue weighted by molar-refractivity contribution is 5.99. The van der Waals surface area contributed by atoms with Crippen molar-refractivity contribution in [3.8, 4) is 0 Å². The van der Waals surface area contributed by atoms with Crippen LogP contribution in [0, 0.1) is 0 Å². The molecule has 1 aromatic carbocycles. The number of amides is 2. The van der Waals surface area contributed by atoms with Crippen molar-refractivity contribution in [3.05, 3.63) is 29.8 Å². The Bertz CT molecular complexity index is 374. The van der Waals surface area contributed by atoms with Crippen molar-refractivity contribution in [1.82, 2.24) is 0 Å². The van der Waals surface area contributed by atoms with Crippen molar-refractivity contribution >= 4 is 17.4 Å². The number of benzene rings is 1. The Hall–Kier alpha value is -2.04. The zero-order valence-corrected chi connectivity index (χ0v) is 7.69. The van der Waals surface area contributed by atoms with Crippen molar-refractivity contribution in [1.29, 1.82) is 0 Å². The first-order chi connectivity index (χ1) is 6.63. The average Bonchev–Trinajstić information content (AvgIpc) is 2.16. The fourth-order valence-corrected chi connectivity index (χ4v) is 1.02. The van der Waals surface area contributed by atoms with Crippen LogP contribution < -0.4 is 11.1 Å². The van der Waals surface area contributed by atoms with Gasteiger partial charge in [-0.3, -0.25) is 0 Å². The third-order valence-electron chi connectivity index (χ3n) is 1.70. The SMILES string of the molecule is CC(=NO)c1cccc(NC(N)=O)c1. The van der Waals surface area contributed by atoms with Crippen molar-refractivity contribution in [2.75, 3.05) is 5.32 Å². The third kappa shape index (κ3) is 2.48. The van der Waals surface area contributed by atoms with E-state index in [9.17, 15) is 4.79 Å². The van der Waals surface area contributed by atoms with E-state index in [1.54, 1.807) is 31.2 Å². The van der Waals surface area contributed by atoms with E-state index in [0.717, 1.165) is 5.56 Å². The van der Waals surface area contributed by atoms with E-state index < -0.39 is 6.03 Å². The van der Waals surface area contributed by atoms with Crippen LogP contribution in [0.3, 0.4) is 0 Å². The molecule has 1 aromatic rings. The Morgan fingerprint density at radius 2 is 2.29 bits per heavy atom. The van der Waals surface area contributed by atoms with E-state index in [4.69, 9.17) is 10.9 Å². The van der Waals surface area contributed by atoms with E-state index in [2.05, 4.69) is 10.5 Å². The molecule has 0 aromatic heterocycles. The minimum atomic E-state index is -0.624. The highest BCUT2D eigenvalue weighted by Gasteiger charge is 2.00. The molecule has 0 aliphatic rings. The monoisotopic (exact) mass is 193 g/mol. The molecule has 0 atom stereocenters. The smallest absolute Gasteiger partial charge is 0.316 e. The number of nitrogens with two attached hydrogens (primary N) is 1. The number of carbonyl (C=O) groups is 1. The maximum atomic E-state index is 10.6. The fourth-order valence-electron chi connectivity index (χ4n) is 1.02. The molecule has 0 saturated carbocycles. The predicted molar refractivity (Wildman–Crippen MR) is 53.6 cm³/mol. The molecule has 5 nitrogen and oxygen atoms in total. The maximum absolute atomic E-state index is 10.6. The van der Waals surface area contributed by atoms with Crippen LogP contribution in [0.2, 0.25) is 0 Å². The molecule has 0 spiro atoms. The molecule has 0 aliphatic carbocycles. The quantitative estimate of drug-likeness (QED) is 0.376. The molecular formula is C9H11N3O2. The molecule has 0 bridgehead atoms. The normalized spacial score (nSPS) is 11.1. The van der Waals surface area contributed by atoms with Gasteiger partial charge < -0.3 is 16.3 Å². The van der Waals surface area contributed by atoms with Crippen LogP contribution in [0.25, 0.3) is 0 Å². The van der Waals surface area contributed by atoms with Crippen LogP contribution in [0.4, 0.5) is 10.5 Å². The lowest BCUT2D eigenvalue weighted by molar-refractivity contribution is 0.259. The van der Waals surface area contributed by atoms with Gasteiger partial charge in [0.05, 0.1) is 5.71 Å². The van der Waals surface area contributed by atoms with Crippen LogP contribution in [0.5, 0.6) is 0 Å². The number of hydrogen-bond donors (Lipinski definition) is 3. The van der Waals surface area contributed by atoms with Crippen molar-refractivity contribution in [2.24, 2.45) is 10.9 Å². The van der Waals surface area contributed by atoms with E-state index in [1.807, 2.05) is 0 Å². The molecule has 14 heavy (non-hydrogen) atoms. The number of urea groups is 1. The number of rotatable bonds is 2. The van der Waals surface area contributed by atoms with Gasteiger partial charge in [-0.15, -0.1) is 0 Å². The molecule has 0 unspecified atom stereocenters. The number of nitrogens with one attached hydrogen (secondary N) is 1. The zero-order valence-electron chi connectivity index (χ0n) is 7.69. The summed E-state index contributed by atoms with van der Waals surface area (Å²) in [6, 6.07) is 6.23. The lowest BCUT2D eigenvalue weighted by Gasteiger charge is -2.03. The van der Waals surface area contributed by atoms with E-state index >= 15 is 0 Å². The second kappa shape index (κ2) is 4.27. The second-order valence-electron chi connectivity index (χ2n) is 2.76. The van der Waals surface area contributed by atoms with Gasteiger partial charge in [0.25, 0.3) is 0 Å². The fraction of sp³-hybridized carbons (Fsp3) is 0.111. The highest BCUT2D eigenvalue weighted by Crippen LogP contribution is 2.10. The summed E-state index contributed by atoms with van der Waals surface area (Å²) in [5, 5.41) is 14.0. The second-order valence-corrected chi connectivity index (χ2v) is 2.76. The van der Waals surface area contributed by atoms with Gasteiger partial charge in [-0.1, -0.05) is 17.3 Å². The number of hydrogen-bond acceptors (Lipinski definition) is 3. The molecule has 74 valence electrons. The summed E-state index contributed by atoms with van der Waals surface area (Å²) in [7, 11) is 0. The number of oxime groups is 1. The summed E-state index contributed by atoms with van der Waals surface area (Å²) < 4.78 is 0. The summed E-state index contributed by atoms with van der Waals surface area (Å²) in [5.74, 6) is 0. The minimum absolute atomic E-state index is 0.470. The van der Waals surface area contributed by atoms with Gasteiger partial charge in [0.1, 0.15) is 0 Å². The topological polar surface area (TPSA) is 87.7 Å². The van der Waals surface area contributed by atoms with Gasteiger partial charge >= 0.3 is 6.03 Å². The molecule has 5 heteroatoms. The first kappa shape index (κ1) is 10.0. The Labute approximate surface area is 81.2 Å². The summed E-state index contributed by atoms with van der Waals surface area (Å²) in [5.41, 5.74) is 6.71. The molecular weight excluding hydrogens is 182 g/mol. The molecule has 0 radical (unpaired) electrons. The Balaban J connectivity index is 2.95. The van der Waals surface area contributed by atoms with Gasteiger partial charge in [-0.2, -0.15) is 0 Å².